The number of fused-ring (bicyclic) bond motifs is 1. The summed E-state index contributed by atoms with van der Waals surface area (Å²) in [5.74, 6) is 1.11. The van der Waals surface area contributed by atoms with Gasteiger partial charge in [-0.15, -0.1) is 11.3 Å². The van der Waals surface area contributed by atoms with Crippen molar-refractivity contribution in [1.82, 2.24) is 20.1 Å². The number of piperazine rings is 1. The molecule has 0 bridgehead atoms. The zero-order valence-corrected chi connectivity index (χ0v) is 16.4. The quantitative estimate of drug-likeness (QED) is 0.497. The first kappa shape index (κ1) is 18.6. The molecule has 140 valence electrons. The lowest BCUT2D eigenvalue weighted by molar-refractivity contribution is -0.130. The van der Waals surface area contributed by atoms with Crippen LogP contribution in [0.3, 0.4) is 0 Å². The highest BCUT2D eigenvalue weighted by atomic mass is 32.1. The molecule has 1 aliphatic rings. The molecule has 1 amide bonds. The molecule has 1 N–H and O–H groups in total. The van der Waals surface area contributed by atoms with E-state index in [2.05, 4.69) is 40.3 Å². The minimum Gasteiger partial charge on any atom is -0.357 e. The van der Waals surface area contributed by atoms with Crippen molar-refractivity contribution < 1.29 is 4.79 Å². The van der Waals surface area contributed by atoms with Crippen LogP contribution in [-0.4, -0.2) is 65.9 Å². The third-order valence-corrected chi connectivity index (χ3v) is 5.60. The third-order valence-electron chi connectivity index (χ3n) is 4.51. The average Bonchev–Trinajstić information content (AvgIpc) is 3.07. The van der Waals surface area contributed by atoms with Gasteiger partial charge >= 0.3 is 0 Å². The molecule has 26 heavy (non-hydrogen) atoms. The highest BCUT2D eigenvalue weighted by Crippen LogP contribution is 2.22. The second-order valence-electron chi connectivity index (χ2n) is 6.41. The molecule has 1 fully saturated rings. The number of thiazole rings is 1. The number of aromatic nitrogens is 1. The van der Waals surface area contributed by atoms with Crippen LogP contribution in [0.4, 0.5) is 0 Å². The molecule has 0 aliphatic carbocycles. The Morgan fingerprint density at radius 3 is 2.65 bits per heavy atom. The number of hydrogen-bond acceptors (Lipinski definition) is 4. The van der Waals surface area contributed by atoms with Crippen molar-refractivity contribution in [3.05, 3.63) is 29.3 Å². The van der Waals surface area contributed by atoms with Crippen molar-refractivity contribution in [3.63, 3.8) is 0 Å². The van der Waals surface area contributed by atoms with Gasteiger partial charge in [0.25, 0.3) is 0 Å². The smallest absolute Gasteiger partial charge is 0.219 e. The van der Waals surface area contributed by atoms with Gasteiger partial charge in [-0.05, 0) is 25.5 Å². The van der Waals surface area contributed by atoms with Crippen LogP contribution in [0.25, 0.3) is 10.2 Å². The van der Waals surface area contributed by atoms with Gasteiger partial charge < -0.3 is 15.1 Å². The maximum absolute atomic E-state index is 11.5. The largest absolute Gasteiger partial charge is 0.357 e. The van der Waals surface area contributed by atoms with Crippen LogP contribution in [0.15, 0.2) is 29.3 Å². The van der Waals surface area contributed by atoms with Crippen molar-refractivity contribution in [2.75, 3.05) is 39.3 Å². The number of nitrogens with one attached hydrogen (secondary N) is 1. The van der Waals surface area contributed by atoms with Crippen molar-refractivity contribution >= 4 is 33.4 Å². The maximum Gasteiger partial charge on any atom is 0.219 e. The molecule has 6 nitrogen and oxygen atoms in total. The second kappa shape index (κ2) is 8.98. The second-order valence-corrected chi connectivity index (χ2v) is 7.52. The van der Waals surface area contributed by atoms with Crippen LogP contribution in [-0.2, 0) is 11.2 Å². The lowest BCUT2D eigenvalue weighted by Crippen LogP contribution is -2.53. The number of rotatable bonds is 5. The average molecular weight is 374 g/mol. The number of hydrogen-bond donors (Lipinski definition) is 1. The van der Waals surface area contributed by atoms with E-state index in [9.17, 15) is 4.79 Å². The lowest BCUT2D eigenvalue weighted by Gasteiger charge is -2.36. The fourth-order valence-electron chi connectivity index (χ4n) is 3.10. The van der Waals surface area contributed by atoms with Gasteiger partial charge in [0.15, 0.2) is 5.96 Å². The summed E-state index contributed by atoms with van der Waals surface area (Å²) >= 11 is 1.77. The first-order chi connectivity index (χ1) is 12.7. The Hall–Kier alpha value is -2.15. The molecule has 0 saturated carbocycles. The third kappa shape index (κ3) is 4.72. The van der Waals surface area contributed by atoms with Crippen molar-refractivity contribution in [3.8, 4) is 0 Å². The number of aliphatic imine (C=N–C) groups is 1. The highest BCUT2D eigenvalue weighted by molar-refractivity contribution is 7.18. The molecule has 1 aromatic heterocycles. The van der Waals surface area contributed by atoms with Crippen LogP contribution in [0.5, 0.6) is 0 Å². The Bertz CT molecular complexity index is 731. The predicted octanol–water partition coefficient (Wildman–Crippen LogP) is 2.36. The topological polar surface area (TPSA) is 60.8 Å². The summed E-state index contributed by atoms with van der Waals surface area (Å²) in [6, 6.07) is 8.28. The van der Waals surface area contributed by atoms with E-state index in [-0.39, 0.29) is 5.91 Å². The van der Waals surface area contributed by atoms with Gasteiger partial charge in [0, 0.05) is 52.6 Å². The van der Waals surface area contributed by atoms with Gasteiger partial charge in [-0.1, -0.05) is 12.1 Å². The summed E-state index contributed by atoms with van der Waals surface area (Å²) in [5, 5.41) is 4.56. The zero-order valence-electron chi connectivity index (χ0n) is 15.6. The SMILES string of the molecule is CCNC(=NCCCc1nc2ccccc2s1)N1CCN(C(C)=O)CC1. The number of carbonyl (C=O) groups is 1. The van der Waals surface area contributed by atoms with Gasteiger partial charge in [-0.2, -0.15) is 0 Å². The molecule has 2 heterocycles. The minimum atomic E-state index is 0.155. The summed E-state index contributed by atoms with van der Waals surface area (Å²) in [6.07, 6.45) is 1.95. The van der Waals surface area contributed by atoms with E-state index in [1.54, 1.807) is 18.3 Å². The Labute approximate surface area is 158 Å². The predicted molar refractivity (Wildman–Crippen MR) is 108 cm³/mol. The van der Waals surface area contributed by atoms with E-state index in [1.807, 2.05) is 11.0 Å². The lowest BCUT2D eigenvalue weighted by atomic mass is 10.3. The Morgan fingerprint density at radius 2 is 1.96 bits per heavy atom. The van der Waals surface area contributed by atoms with Crippen LogP contribution in [0.1, 0.15) is 25.3 Å². The summed E-state index contributed by atoms with van der Waals surface area (Å²) < 4.78 is 1.25. The van der Waals surface area contributed by atoms with Crippen LogP contribution in [0, 0.1) is 0 Å². The summed E-state index contributed by atoms with van der Waals surface area (Å²) in [4.78, 5) is 25.1. The van der Waals surface area contributed by atoms with Crippen LogP contribution in [0.2, 0.25) is 0 Å². The van der Waals surface area contributed by atoms with Crippen LogP contribution < -0.4 is 5.32 Å². The Morgan fingerprint density at radius 1 is 1.23 bits per heavy atom. The molecule has 3 rings (SSSR count). The van der Waals surface area contributed by atoms with E-state index in [0.29, 0.717) is 0 Å². The normalized spacial score (nSPS) is 15.5. The van der Waals surface area contributed by atoms with E-state index < -0.39 is 0 Å². The fraction of sp³-hybridized carbons (Fsp3) is 0.526. The van der Waals surface area contributed by atoms with Crippen molar-refractivity contribution in [2.45, 2.75) is 26.7 Å². The van der Waals surface area contributed by atoms with Crippen molar-refractivity contribution in [1.29, 1.82) is 0 Å². The van der Waals surface area contributed by atoms with Gasteiger partial charge in [0.05, 0.1) is 15.2 Å². The molecule has 1 aliphatic heterocycles. The molecule has 2 aromatic rings. The first-order valence-electron chi connectivity index (χ1n) is 9.30. The maximum atomic E-state index is 11.5. The van der Waals surface area contributed by atoms with E-state index in [1.165, 1.54) is 9.71 Å². The van der Waals surface area contributed by atoms with Crippen LogP contribution >= 0.6 is 11.3 Å². The van der Waals surface area contributed by atoms with Gasteiger partial charge in [0.2, 0.25) is 5.91 Å². The number of para-hydroxylation sites is 1. The highest BCUT2D eigenvalue weighted by Gasteiger charge is 2.20. The molecular weight excluding hydrogens is 346 g/mol. The molecule has 1 aromatic carbocycles. The monoisotopic (exact) mass is 373 g/mol. The number of amides is 1. The van der Waals surface area contributed by atoms with E-state index >= 15 is 0 Å². The summed E-state index contributed by atoms with van der Waals surface area (Å²) in [7, 11) is 0. The fourth-order valence-corrected chi connectivity index (χ4v) is 4.11. The molecule has 1 saturated heterocycles. The van der Waals surface area contributed by atoms with Crippen molar-refractivity contribution in [2.24, 2.45) is 4.99 Å². The molecule has 0 spiro atoms. The molecular formula is C19H27N5OS. The number of nitrogens with zero attached hydrogens (tertiary/aromatic N) is 4. The molecule has 0 unspecified atom stereocenters. The molecule has 0 radical (unpaired) electrons. The molecule has 7 heteroatoms. The van der Waals surface area contributed by atoms with E-state index in [0.717, 1.165) is 63.6 Å². The van der Waals surface area contributed by atoms with Gasteiger partial charge in [-0.25, -0.2) is 4.98 Å². The zero-order chi connectivity index (χ0) is 18.4. The van der Waals surface area contributed by atoms with Gasteiger partial charge in [0.1, 0.15) is 0 Å². The number of carbonyl (C=O) groups excluding carboxylic acids is 1. The first-order valence-corrected chi connectivity index (χ1v) is 10.1. The Kier molecular flexibility index (Phi) is 6.44. The minimum absolute atomic E-state index is 0.155. The standard InChI is InChI=1S/C19H27N5OS/c1-3-20-19(24-13-11-23(12-14-24)15(2)25)21-10-6-9-18-22-16-7-4-5-8-17(16)26-18/h4-5,7-8H,3,6,9-14H2,1-2H3,(H,20,21). The number of benzene rings is 1. The summed E-state index contributed by atoms with van der Waals surface area (Å²) in [6.45, 7) is 8.57. The number of aryl methyl sites for hydroxylation is 1. The Balaban J connectivity index is 1.51. The van der Waals surface area contributed by atoms with Gasteiger partial charge in [-0.3, -0.25) is 9.79 Å². The number of guanidine groups is 1. The molecule has 0 atom stereocenters. The summed E-state index contributed by atoms with van der Waals surface area (Å²) in [5.41, 5.74) is 1.09. The van der Waals surface area contributed by atoms with E-state index in [4.69, 9.17) is 4.99 Å².